The lowest BCUT2D eigenvalue weighted by molar-refractivity contribution is -0.0879. The summed E-state index contributed by atoms with van der Waals surface area (Å²) in [7, 11) is 1.93. The highest BCUT2D eigenvalue weighted by molar-refractivity contribution is 4.98. The number of methoxy groups -OCH3 is 1. The second-order valence-corrected chi connectivity index (χ2v) is 7.39. The predicted octanol–water partition coefficient (Wildman–Crippen LogP) is 4.92. The van der Waals surface area contributed by atoms with Gasteiger partial charge in [-0.1, -0.05) is 53.4 Å². The van der Waals surface area contributed by atoms with E-state index in [9.17, 15) is 0 Å². The normalized spacial score (nSPS) is 22.6. The minimum Gasteiger partial charge on any atom is -0.377 e. The zero-order chi connectivity index (χ0) is 15.1. The van der Waals surface area contributed by atoms with Gasteiger partial charge in [-0.2, -0.15) is 0 Å². The standard InChI is InChI=1S/C18H37NO/c1-6-8-9-10-11-16(19-7-2)18(20-5)14-12-17(3,4)13-15-18/h16,19H,6-15H2,1-5H3. The summed E-state index contributed by atoms with van der Waals surface area (Å²) < 4.78 is 6.08. The Hall–Kier alpha value is -0.0800. The molecule has 1 N–H and O–H groups in total. The highest BCUT2D eigenvalue weighted by Crippen LogP contribution is 2.44. The van der Waals surface area contributed by atoms with E-state index in [4.69, 9.17) is 4.74 Å². The van der Waals surface area contributed by atoms with Crippen LogP contribution in [0, 0.1) is 5.41 Å². The first-order valence-corrected chi connectivity index (χ1v) is 8.78. The summed E-state index contributed by atoms with van der Waals surface area (Å²) in [6.45, 7) is 10.3. The Morgan fingerprint density at radius 3 is 2.15 bits per heavy atom. The van der Waals surface area contributed by atoms with Crippen molar-refractivity contribution in [2.24, 2.45) is 5.41 Å². The van der Waals surface area contributed by atoms with Gasteiger partial charge in [-0.3, -0.25) is 0 Å². The van der Waals surface area contributed by atoms with Crippen molar-refractivity contribution in [1.29, 1.82) is 0 Å². The fraction of sp³-hybridized carbons (Fsp3) is 1.00. The molecule has 0 radical (unpaired) electrons. The van der Waals surface area contributed by atoms with Crippen LogP contribution in [0.1, 0.15) is 85.5 Å². The molecule has 0 heterocycles. The molecule has 1 saturated carbocycles. The van der Waals surface area contributed by atoms with E-state index in [-0.39, 0.29) is 5.60 Å². The molecular formula is C18H37NO. The van der Waals surface area contributed by atoms with Gasteiger partial charge in [0.1, 0.15) is 0 Å². The van der Waals surface area contributed by atoms with Gasteiger partial charge in [-0.15, -0.1) is 0 Å². The van der Waals surface area contributed by atoms with Crippen molar-refractivity contribution in [2.45, 2.75) is 97.1 Å². The Morgan fingerprint density at radius 2 is 1.65 bits per heavy atom. The summed E-state index contributed by atoms with van der Waals surface area (Å²) in [6.07, 6.45) is 11.6. The van der Waals surface area contributed by atoms with Gasteiger partial charge in [-0.25, -0.2) is 0 Å². The number of rotatable bonds is 9. The fourth-order valence-corrected chi connectivity index (χ4v) is 3.62. The smallest absolute Gasteiger partial charge is 0.0831 e. The van der Waals surface area contributed by atoms with Gasteiger partial charge >= 0.3 is 0 Å². The van der Waals surface area contributed by atoms with Crippen LogP contribution in [-0.4, -0.2) is 25.3 Å². The summed E-state index contributed by atoms with van der Waals surface area (Å²) in [5.41, 5.74) is 0.582. The zero-order valence-corrected chi connectivity index (χ0v) is 14.6. The SMILES string of the molecule is CCCCCCC(NCC)C1(OC)CCC(C)(C)CC1. The Bertz CT molecular complexity index is 252. The third kappa shape index (κ3) is 5.04. The van der Waals surface area contributed by atoms with E-state index in [1.807, 2.05) is 7.11 Å². The van der Waals surface area contributed by atoms with Crippen molar-refractivity contribution >= 4 is 0 Å². The number of hydrogen-bond acceptors (Lipinski definition) is 2. The molecule has 0 aromatic heterocycles. The molecule has 1 unspecified atom stereocenters. The molecule has 120 valence electrons. The van der Waals surface area contributed by atoms with Crippen LogP contribution < -0.4 is 5.32 Å². The molecule has 0 amide bonds. The predicted molar refractivity (Wildman–Crippen MR) is 88.2 cm³/mol. The molecule has 20 heavy (non-hydrogen) atoms. The van der Waals surface area contributed by atoms with E-state index in [0.717, 1.165) is 6.54 Å². The van der Waals surface area contributed by atoms with Crippen LogP contribution >= 0.6 is 0 Å². The van der Waals surface area contributed by atoms with E-state index in [1.165, 1.54) is 57.8 Å². The molecular weight excluding hydrogens is 246 g/mol. The maximum atomic E-state index is 6.08. The van der Waals surface area contributed by atoms with Crippen LogP contribution in [0.3, 0.4) is 0 Å². The second-order valence-electron chi connectivity index (χ2n) is 7.39. The molecule has 0 spiro atoms. The van der Waals surface area contributed by atoms with Crippen LogP contribution in [0.25, 0.3) is 0 Å². The maximum absolute atomic E-state index is 6.08. The molecule has 1 fully saturated rings. The lowest BCUT2D eigenvalue weighted by Crippen LogP contribution is -2.54. The number of nitrogens with one attached hydrogen (secondary N) is 1. The van der Waals surface area contributed by atoms with Gasteiger partial charge in [-0.05, 0) is 44.1 Å². The number of unbranched alkanes of at least 4 members (excludes halogenated alkanes) is 3. The molecule has 1 aliphatic carbocycles. The summed E-state index contributed by atoms with van der Waals surface area (Å²) in [5.74, 6) is 0. The molecule has 2 heteroatoms. The van der Waals surface area contributed by atoms with Crippen molar-refractivity contribution in [3.63, 3.8) is 0 Å². The van der Waals surface area contributed by atoms with Gasteiger partial charge in [0, 0.05) is 13.2 Å². The quantitative estimate of drug-likeness (QED) is 0.606. The van der Waals surface area contributed by atoms with Gasteiger partial charge in [0.05, 0.1) is 5.60 Å². The van der Waals surface area contributed by atoms with Crippen molar-refractivity contribution < 1.29 is 4.74 Å². The molecule has 2 nitrogen and oxygen atoms in total. The van der Waals surface area contributed by atoms with E-state index in [1.54, 1.807) is 0 Å². The average Bonchev–Trinajstić information content (AvgIpc) is 2.43. The molecule has 0 saturated heterocycles. The lowest BCUT2D eigenvalue weighted by atomic mass is 9.67. The molecule has 1 rings (SSSR count). The number of ether oxygens (including phenoxy) is 1. The van der Waals surface area contributed by atoms with Crippen molar-refractivity contribution in [3.8, 4) is 0 Å². The molecule has 1 aliphatic rings. The Morgan fingerprint density at radius 1 is 1.00 bits per heavy atom. The summed E-state index contributed by atoms with van der Waals surface area (Å²) in [6, 6.07) is 0.533. The van der Waals surface area contributed by atoms with Crippen LogP contribution in [0.15, 0.2) is 0 Å². The van der Waals surface area contributed by atoms with E-state index in [0.29, 0.717) is 11.5 Å². The molecule has 0 aromatic rings. The van der Waals surface area contributed by atoms with Gasteiger partial charge < -0.3 is 10.1 Å². The first-order valence-electron chi connectivity index (χ1n) is 8.78. The van der Waals surface area contributed by atoms with Crippen LogP contribution in [0.5, 0.6) is 0 Å². The van der Waals surface area contributed by atoms with Crippen molar-refractivity contribution in [3.05, 3.63) is 0 Å². The minimum absolute atomic E-state index is 0.0811. The van der Waals surface area contributed by atoms with E-state index < -0.39 is 0 Å². The lowest BCUT2D eigenvalue weighted by Gasteiger charge is -2.47. The largest absolute Gasteiger partial charge is 0.377 e. The van der Waals surface area contributed by atoms with E-state index in [2.05, 4.69) is 33.0 Å². The monoisotopic (exact) mass is 283 g/mol. The van der Waals surface area contributed by atoms with Gasteiger partial charge in [0.2, 0.25) is 0 Å². The van der Waals surface area contributed by atoms with Crippen molar-refractivity contribution in [1.82, 2.24) is 5.32 Å². The molecule has 1 atom stereocenters. The van der Waals surface area contributed by atoms with Crippen LogP contribution in [0.2, 0.25) is 0 Å². The second kappa shape index (κ2) is 8.38. The van der Waals surface area contributed by atoms with Gasteiger partial charge in [0.15, 0.2) is 0 Å². The number of hydrogen-bond donors (Lipinski definition) is 1. The van der Waals surface area contributed by atoms with Crippen LogP contribution in [-0.2, 0) is 4.74 Å². The maximum Gasteiger partial charge on any atom is 0.0831 e. The third-order valence-electron chi connectivity index (χ3n) is 5.29. The van der Waals surface area contributed by atoms with Crippen molar-refractivity contribution in [2.75, 3.05) is 13.7 Å². The Kier molecular flexibility index (Phi) is 7.53. The first kappa shape index (κ1) is 18.0. The molecule has 0 aliphatic heterocycles. The first-order chi connectivity index (χ1) is 9.49. The molecule has 0 bridgehead atoms. The van der Waals surface area contributed by atoms with E-state index >= 15 is 0 Å². The fourth-order valence-electron chi connectivity index (χ4n) is 3.62. The highest BCUT2D eigenvalue weighted by atomic mass is 16.5. The minimum atomic E-state index is 0.0811. The van der Waals surface area contributed by atoms with Gasteiger partial charge in [0.25, 0.3) is 0 Å². The summed E-state index contributed by atoms with van der Waals surface area (Å²) in [4.78, 5) is 0. The van der Waals surface area contributed by atoms with Crippen LogP contribution in [0.4, 0.5) is 0 Å². The average molecular weight is 284 g/mol. The summed E-state index contributed by atoms with van der Waals surface area (Å²) in [5, 5.41) is 3.72. The highest BCUT2D eigenvalue weighted by Gasteiger charge is 2.43. The molecule has 0 aromatic carbocycles. The Labute approximate surface area is 127 Å². The number of likely N-dealkylation sites (N-methyl/N-ethyl adjacent to an activating group) is 1. The third-order valence-corrected chi connectivity index (χ3v) is 5.29. The Balaban J connectivity index is 2.61. The topological polar surface area (TPSA) is 21.3 Å². The summed E-state index contributed by atoms with van der Waals surface area (Å²) >= 11 is 0. The zero-order valence-electron chi connectivity index (χ0n) is 14.6.